The maximum absolute atomic E-state index is 13.9. The third-order valence-electron chi connectivity index (χ3n) is 10.3. The molecular weight excluding hydrogens is 788 g/mol. The van der Waals surface area contributed by atoms with Gasteiger partial charge in [0.2, 0.25) is 10.0 Å². The van der Waals surface area contributed by atoms with Gasteiger partial charge < -0.3 is 20.8 Å². The van der Waals surface area contributed by atoms with Gasteiger partial charge in [0.15, 0.2) is 5.75 Å². The smallest absolute Gasteiger partial charge is 0.335 e. The summed E-state index contributed by atoms with van der Waals surface area (Å²) in [6.45, 7) is 5.09. The number of benzene rings is 3. The zero-order valence-electron chi connectivity index (χ0n) is 32.5. The Morgan fingerprint density at radius 1 is 0.789 bits per heavy atom. The highest BCUT2D eigenvalue weighted by Gasteiger charge is 2.28. The van der Waals surface area contributed by atoms with E-state index in [4.69, 9.17) is 10.2 Å². The number of amides is 2. The first-order valence-corrected chi connectivity index (χ1v) is 21.4. The lowest BCUT2D eigenvalue weighted by Crippen LogP contribution is -2.42. The van der Waals surface area contributed by atoms with Crippen LogP contribution in [0.15, 0.2) is 72.8 Å². The van der Waals surface area contributed by atoms with E-state index >= 15 is 0 Å². The van der Waals surface area contributed by atoms with Gasteiger partial charge >= 0.3 is 11.9 Å². The van der Waals surface area contributed by atoms with Crippen LogP contribution in [0.25, 0.3) is 0 Å². The highest BCUT2D eigenvalue weighted by Crippen LogP contribution is 2.39. The number of aliphatic carboxylic acids is 1. The molecule has 0 atom stereocenters. The summed E-state index contributed by atoms with van der Waals surface area (Å²) in [7, 11) is -2.56. The Hall–Kier alpha value is -4.60. The molecule has 0 unspecified atom stereocenters. The Kier molecular flexibility index (Phi) is 16.4. The van der Waals surface area contributed by atoms with Gasteiger partial charge in [0, 0.05) is 48.9 Å². The summed E-state index contributed by atoms with van der Waals surface area (Å²) in [5.74, 6) is -3.94. The van der Waals surface area contributed by atoms with Crippen LogP contribution in [0.4, 0.5) is 10.7 Å². The van der Waals surface area contributed by atoms with Crippen molar-refractivity contribution in [1.29, 1.82) is 0 Å². The fourth-order valence-electron chi connectivity index (χ4n) is 7.04. The summed E-state index contributed by atoms with van der Waals surface area (Å²) >= 11 is 1.45. The summed E-state index contributed by atoms with van der Waals surface area (Å²) in [5, 5.41) is 24.8. The minimum atomic E-state index is -3.95. The van der Waals surface area contributed by atoms with Crippen molar-refractivity contribution in [1.82, 2.24) is 9.21 Å². The maximum atomic E-state index is 13.9. The number of carbonyl (C=O) groups is 4. The molecule has 1 aromatic heterocycles. The molecule has 4 aromatic rings. The number of sulfonamides is 1. The van der Waals surface area contributed by atoms with Crippen LogP contribution in [0.3, 0.4) is 0 Å². The molecule has 0 bridgehead atoms. The average molecular weight is 839 g/mol. The van der Waals surface area contributed by atoms with E-state index in [1.54, 1.807) is 18.2 Å². The number of carboxylic acids is 2. The Bertz CT molecular complexity index is 2140. The van der Waals surface area contributed by atoms with Crippen molar-refractivity contribution in [2.45, 2.75) is 77.8 Å². The standard InChI is InChI=1S/C42H50N4O8S2.ClH/c1-4-34(5-2)46(24-23-45(3)56(53,54)27-37(47)48)26-30-9-8-10-32(25-30)39(49)44-41-38(35-11-6-7-12-36(35)55-41)40(50)43-33-21-17-29(18-22-33)14-13-28-15-19-31(20-16-28)42(51)52;/h8-10,15-22,25,34H,4-7,11-14,23-24,26-27H2,1-3H3,(H,43,50)(H,44,49)(H,47,48)(H,51,52);1H. The van der Waals surface area contributed by atoms with E-state index in [9.17, 15) is 27.6 Å². The van der Waals surface area contributed by atoms with Crippen molar-refractivity contribution in [3.05, 3.63) is 117 Å². The zero-order chi connectivity index (χ0) is 40.4. The molecule has 12 nitrogen and oxygen atoms in total. The topological polar surface area (TPSA) is 173 Å². The summed E-state index contributed by atoms with van der Waals surface area (Å²) in [5.41, 5.74) is 5.77. The third-order valence-corrected chi connectivity index (χ3v) is 13.2. The van der Waals surface area contributed by atoms with Gasteiger partial charge in [-0.3, -0.25) is 19.3 Å². The second-order valence-corrected chi connectivity index (χ2v) is 17.3. The number of nitrogens with one attached hydrogen (secondary N) is 2. The van der Waals surface area contributed by atoms with E-state index < -0.39 is 27.7 Å². The minimum Gasteiger partial charge on any atom is -0.480 e. The Labute approximate surface area is 344 Å². The molecule has 57 heavy (non-hydrogen) atoms. The summed E-state index contributed by atoms with van der Waals surface area (Å²) < 4.78 is 26.0. The first kappa shape index (κ1) is 45.1. The second-order valence-electron chi connectivity index (χ2n) is 14.1. The number of carbonyl (C=O) groups excluding carboxylic acids is 2. The highest BCUT2D eigenvalue weighted by atomic mass is 35.5. The van der Waals surface area contributed by atoms with E-state index in [1.165, 1.54) is 18.4 Å². The monoisotopic (exact) mass is 838 g/mol. The van der Waals surface area contributed by atoms with E-state index in [1.807, 2.05) is 54.6 Å². The quantitative estimate of drug-likeness (QED) is 0.0752. The number of aromatic carboxylic acids is 1. The molecule has 306 valence electrons. The molecule has 1 aliphatic carbocycles. The van der Waals surface area contributed by atoms with Crippen LogP contribution < -0.4 is 10.6 Å². The van der Waals surface area contributed by atoms with E-state index in [2.05, 4.69) is 29.4 Å². The Morgan fingerprint density at radius 2 is 1.42 bits per heavy atom. The summed E-state index contributed by atoms with van der Waals surface area (Å²) in [6.07, 6.45) is 6.73. The maximum Gasteiger partial charge on any atom is 0.335 e. The Balaban J connectivity index is 0.00000720. The van der Waals surface area contributed by atoms with Crippen molar-refractivity contribution in [2.75, 3.05) is 36.5 Å². The third kappa shape index (κ3) is 12.2. The molecule has 1 aliphatic rings. The molecule has 3 aromatic carbocycles. The van der Waals surface area contributed by atoms with Crippen molar-refractivity contribution in [3.63, 3.8) is 0 Å². The molecule has 0 spiro atoms. The van der Waals surface area contributed by atoms with Crippen LogP contribution in [-0.2, 0) is 47.0 Å². The van der Waals surface area contributed by atoms with Gasteiger partial charge in [-0.25, -0.2) is 17.5 Å². The van der Waals surface area contributed by atoms with Crippen molar-refractivity contribution >= 4 is 68.2 Å². The van der Waals surface area contributed by atoms with Gasteiger partial charge in [-0.2, -0.15) is 0 Å². The van der Waals surface area contributed by atoms with Gasteiger partial charge in [0.25, 0.3) is 11.8 Å². The second kappa shape index (κ2) is 20.7. The van der Waals surface area contributed by atoms with E-state index in [0.29, 0.717) is 34.9 Å². The molecule has 0 aliphatic heterocycles. The van der Waals surface area contributed by atoms with Crippen LogP contribution in [0.2, 0.25) is 0 Å². The highest BCUT2D eigenvalue weighted by molar-refractivity contribution is 7.89. The molecule has 0 radical (unpaired) electrons. The number of nitrogens with zero attached hydrogens (tertiary/aromatic N) is 2. The molecule has 1 heterocycles. The number of halogens is 1. The van der Waals surface area contributed by atoms with Gasteiger partial charge in [0.1, 0.15) is 5.00 Å². The predicted molar refractivity (Wildman–Crippen MR) is 227 cm³/mol. The van der Waals surface area contributed by atoms with Gasteiger partial charge in [-0.15, -0.1) is 23.7 Å². The molecule has 4 N–H and O–H groups in total. The van der Waals surface area contributed by atoms with Gasteiger partial charge in [-0.05, 0) is 110 Å². The molecular formula is C42H51ClN4O8S2. The normalized spacial score (nSPS) is 12.6. The lowest BCUT2D eigenvalue weighted by atomic mass is 9.95. The van der Waals surface area contributed by atoms with Crippen LogP contribution >= 0.6 is 23.7 Å². The number of thiophene rings is 1. The predicted octanol–water partition coefficient (Wildman–Crippen LogP) is 7.37. The van der Waals surface area contributed by atoms with Crippen molar-refractivity contribution in [2.24, 2.45) is 0 Å². The number of likely N-dealkylation sites (N-methyl/N-ethyl adjacent to an activating group) is 1. The lowest BCUT2D eigenvalue weighted by Gasteiger charge is -2.32. The molecule has 5 rings (SSSR count). The lowest BCUT2D eigenvalue weighted by molar-refractivity contribution is -0.134. The minimum absolute atomic E-state index is 0. The van der Waals surface area contributed by atoms with Crippen LogP contribution in [0.5, 0.6) is 0 Å². The summed E-state index contributed by atoms with van der Waals surface area (Å²) in [4.78, 5) is 53.2. The van der Waals surface area contributed by atoms with E-state index in [0.717, 1.165) is 82.8 Å². The Morgan fingerprint density at radius 3 is 2.04 bits per heavy atom. The average Bonchev–Trinajstić information content (AvgIpc) is 3.54. The van der Waals surface area contributed by atoms with Gasteiger partial charge in [-0.1, -0.05) is 50.2 Å². The van der Waals surface area contributed by atoms with Crippen LogP contribution in [-0.4, -0.2) is 83.5 Å². The number of fused-ring (bicyclic) bond motifs is 1. The molecule has 15 heteroatoms. The van der Waals surface area contributed by atoms with Crippen LogP contribution in [0, 0.1) is 0 Å². The number of rotatable bonds is 19. The van der Waals surface area contributed by atoms with Crippen LogP contribution in [0.1, 0.15) is 97.7 Å². The first-order chi connectivity index (χ1) is 26.8. The number of hydrogen-bond acceptors (Lipinski definition) is 8. The number of carboxylic acid groups (broad SMARTS) is 2. The molecule has 0 saturated heterocycles. The SMILES string of the molecule is CCC(CC)N(CCN(C)S(=O)(=O)CC(=O)O)Cc1cccc(C(=O)Nc2sc3c(c2C(=O)Nc2ccc(CCc4ccc(C(=O)O)cc4)cc2)CCCC3)c1.Cl. The molecule has 2 amide bonds. The number of aryl methyl sites for hydroxylation is 3. The fourth-order valence-corrected chi connectivity index (χ4v) is 9.21. The first-order valence-electron chi connectivity index (χ1n) is 18.9. The molecule has 0 fully saturated rings. The van der Waals surface area contributed by atoms with Crippen molar-refractivity contribution < 1.29 is 37.8 Å². The number of hydrogen-bond donors (Lipinski definition) is 4. The molecule has 0 saturated carbocycles. The summed E-state index contributed by atoms with van der Waals surface area (Å²) in [6, 6.07) is 21.9. The van der Waals surface area contributed by atoms with E-state index in [-0.39, 0.29) is 42.4 Å². The van der Waals surface area contributed by atoms with Gasteiger partial charge in [0.05, 0.1) is 11.1 Å². The van der Waals surface area contributed by atoms with Crippen molar-refractivity contribution in [3.8, 4) is 0 Å². The largest absolute Gasteiger partial charge is 0.480 e. The zero-order valence-corrected chi connectivity index (χ0v) is 34.9. The fraction of sp³-hybridized carbons (Fsp3) is 0.381. The number of anilines is 2.